The zero-order chi connectivity index (χ0) is 26.8. The van der Waals surface area contributed by atoms with Crippen LogP contribution in [0.4, 0.5) is 13.2 Å². The van der Waals surface area contributed by atoms with Crippen LogP contribution in [-0.2, 0) is 11.6 Å². The van der Waals surface area contributed by atoms with Crippen molar-refractivity contribution in [2.24, 2.45) is 0 Å². The second-order valence-electron chi connectivity index (χ2n) is 9.73. The van der Waals surface area contributed by atoms with Crippen molar-refractivity contribution in [1.29, 1.82) is 0 Å². The van der Waals surface area contributed by atoms with E-state index in [2.05, 4.69) is 10.1 Å². The van der Waals surface area contributed by atoms with Crippen LogP contribution >= 0.6 is 0 Å². The van der Waals surface area contributed by atoms with Gasteiger partial charge in [-0.15, -0.1) is 0 Å². The number of allylic oxidation sites excluding steroid dienone is 1. The molecule has 1 unspecified atom stereocenters. The molecule has 0 radical (unpaired) electrons. The van der Waals surface area contributed by atoms with Crippen molar-refractivity contribution < 1.29 is 23.1 Å². The molecule has 0 bridgehead atoms. The summed E-state index contributed by atoms with van der Waals surface area (Å²) in [5, 5.41) is 14.4. The number of halogens is 3. The summed E-state index contributed by atoms with van der Waals surface area (Å²) >= 11 is 0. The van der Waals surface area contributed by atoms with E-state index in [-0.39, 0.29) is 11.0 Å². The molecule has 1 N–H and O–H groups in total. The molecule has 1 atom stereocenters. The largest absolute Gasteiger partial charge is 0.478 e. The van der Waals surface area contributed by atoms with Gasteiger partial charge in [-0.25, -0.2) is 14.5 Å². The Balaban J connectivity index is 2.00. The Morgan fingerprint density at radius 2 is 1.59 bits per heavy atom. The van der Waals surface area contributed by atoms with Crippen molar-refractivity contribution in [2.75, 3.05) is 0 Å². The first kappa shape index (κ1) is 25.9. The van der Waals surface area contributed by atoms with E-state index in [1.165, 1.54) is 29.5 Å². The molecule has 37 heavy (non-hydrogen) atoms. The second kappa shape index (κ2) is 10.0. The molecule has 0 amide bonds. The summed E-state index contributed by atoms with van der Waals surface area (Å²) in [5.41, 5.74) is 2.45. The molecule has 190 valence electrons. The topological polar surface area (TPSA) is 68.0 Å². The summed E-state index contributed by atoms with van der Waals surface area (Å²) in [6.45, 7) is 6.13. The Bertz CT molecular complexity index is 1400. The van der Waals surface area contributed by atoms with Crippen LogP contribution in [0.1, 0.15) is 64.9 Å². The van der Waals surface area contributed by atoms with E-state index in [0.29, 0.717) is 16.8 Å². The fourth-order valence-corrected chi connectivity index (χ4v) is 4.18. The van der Waals surface area contributed by atoms with Gasteiger partial charge in [-0.05, 0) is 51.9 Å². The van der Waals surface area contributed by atoms with Crippen LogP contribution < -0.4 is 0 Å². The van der Waals surface area contributed by atoms with Crippen molar-refractivity contribution in [1.82, 2.24) is 14.8 Å². The van der Waals surface area contributed by atoms with Crippen LogP contribution in [0, 0.1) is 0 Å². The van der Waals surface area contributed by atoms with Gasteiger partial charge < -0.3 is 5.11 Å². The fourth-order valence-electron chi connectivity index (χ4n) is 4.18. The standard InChI is InChI=1S/C29H26F3N3O2/c1-28(2,3)22-13-14-23(27(36)37)24(16-22)26(20-7-5-4-6-8-20)25(35-18-33-17-34-35)15-19-9-11-21(12-10-19)29(30,31)32/h4-18,26H,1-3H3,(H,36,37)/b25-15+. The predicted octanol–water partition coefficient (Wildman–Crippen LogP) is 7.12. The lowest BCUT2D eigenvalue weighted by Crippen LogP contribution is -2.18. The van der Waals surface area contributed by atoms with Gasteiger partial charge in [0, 0.05) is 0 Å². The Morgan fingerprint density at radius 1 is 0.946 bits per heavy atom. The van der Waals surface area contributed by atoms with E-state index in [0.717, 1.165) is 23.3 Å². The number of carboxylic acid groups (broad SMARTS) is 1. The number of carbonyl (C=O) groups is 1. The van der Waals surface area contributed by atoms with Crippen LogP contribution in [0.3, 0.4) is 0 Å². The van der Waals surface area contributed by atoms with Crippen LogP contribution in [0.2, 0.25) is 0 Å². The first-order chi connectivity index (χ1) is 17.4. The van der Waals surface area contributed by atoms with Gasteiger partial charge in [0.1, 0.15) is 12.7 Å². The van der Waals surface area contributed by atoms with E-state index >= 15 is 0 Å². The van der Waals surface area contributed by atoms with E-state index in [9.17, 15) is 23.1 Å². The number of hydrogen-bond donors (Lipinski definition) is 1. The van der Waals surface area contributed by atoms with Gasteiger partial charge in [0.2, 0.25) is 0 Å². The molecular formula is C29H26F3N3O2. The van der Waals surface area contributed by atoms with Crippen molar-refractivity contribution in [2.45, 2.75) is 38.3 Å². The SMILES string of the molecule is CC(C)(C)c1ccc(C(=O)O)c(C(/C(=C\c2ccc(C(F)(F)F)cc2)n2cncn2)c2ccccc2)c1. The van der Waals surface area contributed by atoms with Crippen LogP contribution in [-0.4, -0.2) is 25.8 Å². The lowest BCUT2D eigenvalue weighted by Gasteiger charge is -2.26. The molecule has 5 nitrogen and oxygen atoms in total. The molecule has 0 saturated heterocycles. The first-order valence-corrected chi connectivity index (χ1v) is 11.6. The molecule has 1 aromatic heterocycles. The van der Waals surface area contributed by atoms with Gasteiger partial charge in [0.25, 0.3) is 0 Å². The summed E-state index contributed by atoms with van der Waals surface area (Å²) < 4.78 is 40.9. The number of rotatable bonds is 6. The Hall–Kier alpha value is -4.20. The van der Waals surface area contributed by atoms with E-state index in [4.69, 9.17) is 0 Å². The third-order valence-electron chi connectivity index (χ3n) is 6.12. The van der Waals surface area contributed by atoms with Crippen molar-refractivity contribution >= 4 is 17.7 Å². The zero-order valence-electron chi connectivity index (χ0n) is 20.6. The molecule has 0 aliphatic carbocycles. The van der Waals surface area contributed by atoms with E-state index in [1.54, 1.807) is 12.1 Å². The zero-order valence-corrected chi connectivity index (χ0v) is 20.6. The summed E-state index contributed by atoms with van der Waals surface area (Å²) in [6, 6.07) is 19.4. The van der Waals surface area contributed by atoms with Crippen LogP contribution in [0.25, 0.3) is 11.8 Å². The average Bonchev–Trinajstić information content (AvgIpc) is 3.38. The number of carboxylic acids is 1. The minimum atomic E-state index is -4.45. The highest BCUT2D eigenvalue weighted by atomic mass is 19.4. The van der Waals surface area contributed by atoms with Gasteiger partial charge in [0.15, 0.2) is 0 Å². The van der Waals surface area contributed by atoms with Gasteiger partial charge >= 0.3 is 12.1 Å². The molecule has 0 fully saturated rings. The maximum absolute atomic E-state index is 13.1. The molecule has 0 saturated carbocycles. The number of aromatic carboxylic acids is 1. The molecule has 0 aliphatic heterocycles. The van der Waals surface area contributed by atoms with Crippen molar-refractivity contribution in [3.63, 3.8) is 0 Å². The summed E-state index contributed by atoms with van der Waals surface area (Å²) in [4.78, 5) is 16.4. The van der Waals surface area contributed by atoms with Gasteiger partial charge in [-0.3, -0.25) is 0 Å². The molecule has 0 spiro atoms. The third kappa shape index (κ3) is 5.80. The van der Waals surface area contributed by atoms with E-state index in [1.807, 2.05) is 63.2 Å². The summed E-state index contributed by atoms with van der Waals surface area (Å²) in [5.74, 6) is -1.69. The number of nitrogens with zero attached hydrogens (tertiary/aromatic N) is 3. The quantitative estimate of drug-likeness (QED) is 0.303. The van der Waals surface area contributed by atoms with Gasteiger partial charge in [-0.1, -0.05) is 75.4 Å². The number of aromatic nitrogens is 3. The number of hydrogen-bond acceptors (Lipinski definition) is 3. The normalized spacial score (nSPS) is 13.4. The summed E-state index contributed by atoms with van der Waals surface area (Å²) in [6.07, 6.45) is 0.0987. The second-order valence-corrected chi connectivity index (χ2v) is 9.73. The smallest absolute Gasteiger partial charge is 0.416 e. The first-order valence-electron chi connectivity index (χ1n) is 11.6. The predicted molar refractivity (Wildman–Crippen MR) is 136 cm³/mol. The van der Waals surface area contributed by atoms with Gasteiger partial charge in [0.05, 0.1) is 22.7 Å². The highest BCUT2D eigenvalue weighted by Crippen LogP contribution is 2.39. The number of alkyl halides is 3. The Morgan fingerprint density at radius 3 is 2.14 bits per heavy atom. The molecule has 3 aromatic carbocycles. The van der Waals surface area contributed by atoms with Gasteiger partial charge in [-0.2, -0.15) is 18.3 Å². The Labute approximate surface area is 212 Å². The van der Waals surface area contributed by atoms with E-state index < -0.39 is 23.6 Å². The molecule has 8 heteroatoms. The fraction of sp³-hybridized carbons (Fsp3) is 0.207. The highest BCUT2D eigenvalue weighted by molar-refractivity contribution is 5.92. The average molecular weight is 506 g/mol. The van der Waals surface area contributed by atoms with Crippen LogP contribution in [0.15, 0.2) is 85.5 Å². The van der Waals surface area contributed by atoms with Crippen LogP contribution in [0.5, 0.6) is 0 Å². The Kier molecular flexibility index (Phi) is 7.03. The highest BCUT2D eigenvalue weighted by Gasteiger charge is 2.31. The minimum absolute atomic E-state index is 0.125. The van der Waals surface area contributed by atoms with Crippen molar-refractivity contribution in [3.8, 4) is 0 Å². The lowest BCUT2D eigenvalue weighted by molar-refractivity contribution is -0.137. The third-order valence-corrected chi connectivity index (χ3v) is 6.12. The molecule has 1 heterocycles. The molecular weight excluding hydrogens is 479 g/mol. The number of benzene rings is 3. The minimum Gasteiger partial charge on any atom is -0.478 e. The summed E-state index contributed by atoms with van der Waals surface area (Å²) in [7, 11) is 0. The molecule has 0 aliphatic rings. The monoisotopic (exact) mass is 505 g/mol. The maximum Gasteiger partial charge on any atom is 0.416 e. The molecule has 4 aromatic rings. The molecule has 4 rings (SSSR count). The maximum atomic E-state index is 13.1. The lowest BCUT2D eigenvalue weighted by atomic mass is 9.79. The van der Waals surface area contributed by atoms with Crippen molar-refractivity contribution in [3.05, 3.63) is 119 Å².